The van der Waals surface area contributed by atoms with Gasteiger partial charge in [0.2, 0.25) is 0 Å². The monoisotopic (exact) mass is 317 g/mol. The average molecular weight is 318 g/mol. The second kappa shape index (κ2) is 5.30. The number of rotatable bonds is 4. The molecule has 0 saturated carbocycles. The van der Waals surface area contributed by atoms with Gasteiger partial charge in [0.25, 0.3) is 0 Å². The molecule has 2 unspecified atom stereocenters. The van der Waals surface area contributed by atoms with Gasteiger partial charge < -0.3 is 10.8 Å². The number of halogens is 1. The third-order valence-corrected chi connectivity index (χ3v) is 6.45. The third-order valence-electron chi connectivity index (χ3n) is 4.38. The average Bonchev–Trinajstić information content (AvgIpc) is 2.69. The standard InChI is InChI=1S/C14H20ClNO3S/c1-13(17,8-11-2-4-12(15)5-3-11)14(9-16)6-7-20(18,19)10-14/h2-5,17H,6-10,16H2,1H3. The van der Waals surface area contributed by atoms with Crippen LogP contribution in [0.1, 0.15) is 18.9 Å². The molecule has 1 heterocycles. The van der Waals surface area contributed by atoms with E-state index in [1.807, 2.05) is 12.1 Å². The largest absolute Gasteiger partial charge is 0.389 e. The fourth-order valence-electron chi connectivity index (χ4n) is 2.91. The molecule has 1 saturated heterocycles. The van der Waals surface area contributed by atoms with Crippen molar-refractivity contribution in [3.63, 3.8) is 0 Å². The van der Waals surface area contributed by atoms with E-state index in [0.717, 1.165) is 5.56 Å². The van der Waals surface area contributed by atoms with Gasteiger partial charge in [-0.05, 0) is 31.0 Å². The SMILES string of the molecule is CC(O)(Cc1ccc(Cl)cc1)C1(CN)CCS(=O)(=O)C1. The summed E-state index contributed by atoms with van der Waals surface area (Å²) in [7, 11) is -3.11. The summed E-state index contributed by atoms with van der Waals surface area (Å²) in [4.78, 5) is 0. The highest BCUT2D eigenvalue weighted by atomic mass is 35.5. The van der Waals surface area contributed by atoms with E-state index in [1.165, 1.54) is 0 Å². The number of hydrogen-bond acceptors (Lipinski definition) is 4. The molecule has 1 fully saturated rings. The van der Waals surface area contributed by atoms with Gasteiger partial charge in [0, 0.05) is 23.4 Å². The van der Waals surface area contributed by atoms with E-state index in [9.17, 15) is 13.5 Å². The second-order valence-corrected chi connectivity index (χ2v) is 8.52. The van der Waals surface area contributed by atoms with Crippen LogP contribution in [0.25, 0.3) is 0 Å². The van der Waals surface area contributed by atoms with E-state index >= 15 is 0 Å². The zero-order chi connectivity index (χ0) is 15.0. The van der Waals surface area contributed by atoms with E-state index in [1.54, 1.807) is 19.1 Å². The molecular weight excluding hydrogens is 298 g/mol. The summed E-state index contributed by atoms with van der Waals surface area (Å²) in [5, 5.41) is 11.5. The van der Waals surface area contributed by atoms with Gasteiger partial charge in [0.05, 0.1) is 17.1 Å². The summed E-state index contributed by atoms with van der Waals surface area (Å²) >= 11 is 5.84. The molecule has 0 aromatic heterocycles. The molecule has 2 rings (SSSR count). The summed E-state index contributed by atoms with van der Waals surface area (Å²) in [6.45, 7) is 1.84. The van der Waals surface area contributed by atoms with Crippen molar-refractivity contribution in [2.24, 2.45) is 11.1 Å². The lowest BCUT2D eigenvalue weighted by Crippen LogP contribution is -2.53. The Kier molecular flexibility index (Phi) is 4.17. The van der Waals surface area contributed by atoms with E-state index < -0.39 is 20.9 Å². The van der Waals surface area contributed by atoms with Gasteiger partial charge in [-0.15, -0.1) is 0 Å². The van der Waals surface area contributed by atoms with Gasteiger partial charge in [0.1, 0.15) is 0 Å². The molecule has 2 atom stereocenters. The lowest BCUT2D eigenvalue weighted by atomic mass is 9.69. The van der Waals surface area contributed by atoms with Crippen molar-refractivity contribution in [3.05, 3.63) is 34.9 Å². The molecule has 0 spiro atoms. The Morgan fingerprint density at radius 2 is 2.00 bits per heavy atom. The fraction of sp³-hybridized carbons (Fsp3) is 0.571. The van der Waals surface area contributed by atoms with Gasteiger partial charge in [-0.3, -0.25) is 0 Å². The summed E-state index contributed by atoms with van der Waals surface area (Å²) in [5.74, 6) is 0.0536. The summed E-state index contributed by atoms with van der Waals surface area (Å²) in [6.07, 6.45) is 0.767. The highest BCUT2D eigenvalue weighted by Gasteiger charge is 2.52. The highest BCUT2D eigenvalue weighted by molar-refractivity contribution is 7.91. The van der Waals surface area contributed by atoms with Gasteiger partial charge >= 0.3 is 0 Å². The van der Waals surface area contributed by atoms with Crippen molar-refractivity contribution in [2.75, 3.05) is 18.1 Å². The fourth-order valence-corrected chi connectivity index (χ4v) is 5.30. The van der Waals surface area contributed by atoms with Crippen LogP contribution in [-0.2, 0) is 16.3 Å². The molecule has 20 heavy (non-hydrogen) atoms. The molecule has 112 valence electrons. The Labute approximate surface area is 124 Å². The van der Waals surface area contributed by atoms with Gasteiger partial charge in [-0.25, -0.2) is 8.42 Å². The number of nitrogens with two attached hydrogens (primary N) is 1. The highest BCUT2D eigenvalue weighted by Crippen LogP contribution is 2.42. The summed E-state index contributed by atoms with van der Waals surface area (Å²) < 4.78 is 23.5. The summed E-state index contributed by atoms with van der Waals surface area (Å²) in [6, 6.07) is 7.19. The molecule has 6 heteroatoms. The number of hydrogen-bond donors (Lipinski definition) is 2. The molecule has 1 aromatic rings. The van der Waals surface area contributed by atoms with Crippen LogP contribution in [0, 0.1) is 5.41 Å². The van der Waals surface area contributed by atoms with E-state index in [-0.39, 0.29) is 18.1 Å². The van der Waals surface area contributed by atoms with E-state index in [2.05, 4.69) is 0 Å². The van der Waals surface area contributed by atoms with Crippen LogP contribution in [0.15, 0.2) is 24.3 Å². The lowest BCUT2D eigenvalue weighted by Gasteiger charge is -2.41. The molecular formula is C14H20ClNO3S. The summed E-state index contributed by atoms with van der Waals surface area (Å²) in [5.41, 5.74) is 4.78. The Bertz CT molecular complexity index is 583. The van der Waals surface area contributed by atoms with Crippen molar-refractivity contribution in [1.29, 1.82) is 0 Å². The van der Waals surface area contributed by atoms with Crippen molar-refractivity contribution in [2.45, 2.75) is 25.4 Å². The van der Waals surface area contributed by atoms with Crippen LogP contribution in [-0.4, -0.2) is 37.2 Å². The smallest absolute Gasteiger partial charge is 0.151 e. The normalized spacial score (nSPS) is 28.2. The molecule has 1 aromatic carbocycles. The number of aliphatic hydroxyl groups is 1. The van der Waals surface area contributed by atoms with Crippen LogP contribution >= 0.6 is 11.6 Å². The Balaban J connectivity index is 2.26. The first-order valence-corrected chi connectivity index (χ1v) is 8.77. The van der Waals surface area contributed by atoms with Gasteiger partial charge in [-0.1, -0.05) is 23.7 Å². The maximum absolute atomic E-state index is 11.8. The molecule has 4 nitrogen and oxygen atoms in total. The lowest BCUT2D eigenvalue weighted by molar-refractivity contribution is -0.0516. The third kappa shape index (κ3) is 3.01. The molecule has 1 aliphatic rings. The predicted molar refractivity (Wildman–Crippen MR) is 80.5 cm³/mol. The molecule has 1 aliphatic heterocycles. The van der Waals surface area contributed by atoms with Crippen molar-refractivity contribution in [1.82, 2.24) is 0 Å². The Morgan fingerprint density at radius 1 is 1.40 bits per heavy atom. The van der Waals surface area contributed by atoms with Crippen molar-refractivity contribution >= 4 is 21.4 Å². The van der Waals surface area contributed by atoms with Crippen molar-refractivity contribution < 1.29 is 13.5 Å². The first-order chi connectivity index (χ1) is 9.20. The van der Waals surface area contributed by atoms with E-state index in [0.29, 0.717) is 17.9 Å². The van der Waals surface area contributed by atoms with Crippen LogP contribution in [0.5, 0.6) is 0 Å². The zero-order valence-corrected chi connectivity index (χ0v) is 13.0. The van der Waals surface area contributed by atoms with Gasteiger partial charge in [0.15, 0.2) is 9.84 Å². The molecule has 0 amide bonds. The minimum atomic E-state index is -3.11. The molecule has 3 N–H and O–H groups in total. The van der Waals surface area contributed by atoms with E-state index in [4.69, 9.17) is 17.3 Å². The first kappa shape index (κ1) is 15.8. The van der Waals surface area contributed by atoms with Gasteiger partial charge in [-0.2, -0.15) is 0 Å². The van der Waals surface area contributed by atoms with Crippen molar-refractivity contribution in [3.8, 4) is 0 Å². The van der Waals surface area contributed by atoms with Crippen LogP contribution in [0.2, 0.25) is 5.02 Å². The first-order valence-electron chi connectivity index (χ1n) is 6.57. The minimum Gasteiger partial charge on any atom is -0.389 e. The van der Waals surface area contributed by atoms with Crippen LogP contribution in [0.4, 0.5) is 0 Å². The maximum Gasteiger partial charge on any atom is 0.151 e. The molecule has 0 aliphatic carbocycles. The van der Waals surface area contributed by atoms with Crippen LogP contribution < -0.4 is 5.73 Å². The molecule has 0 radical (unpaired) electrons. The molecule has 0 bridgehead atoms. The Hall–Kier alpha value is -0.620. The zero-order valence-electron chi connectivity index (χ0n) is 11.5. The second-order valence-electron chi connectivity index (χ2n) is 5.90. The topological polar surface area (TPSA) is 80.4 Å². The minimum absolute atomic E-state index is 0.0446. The Morgan fingerprint density at radius 3 is 2.45 bits per heavy atom. The number of benzene rings is 1. The van der Waals surface area contributed by atoms with Crippen LogP contribution in [0.3, 0.4) is 0 Å². The maximum atomic E-state index is 11.8. The number of sulfone groups is 1. The predicted octanol–water partition coefficient (Wildman–Crippen LogP) is 1.40. The quantitative estimate of drug-likeness (QED) is 0.879.